The topological polar surface area (TPSA) is 44.9 Å². The van der Waals surface area contributed by atoms with Crippen LogP contribution < -0.4 is 10.7 Å². The van der Waals surface area contributed by atoms with E-state index in [1.54, 1.807) is 12.4 Å². The first-order valence-corrected chi connectivity index (χ1v) is 5.71. The van der Waals surface area contributed by atoms with E-state index in [0.29, 0.717) is 16.7 Å². The summed E-state index contributed by atoms with van der Waals surface area (Å²) in [6.07, 6.45) is 3.28. The number of nitrogens with one attached hydrogen (secondary N) is 2. The fourth-order valence-electron chi connectivity index (χ4n) is 1.38. The minimum atomic E-state index is -0.0327. The lowest BCUT2D eigenvalue weighted by molar-refractivity contribution is 1.12. The van der Waals surface area contributed by atoms with E-state index in [4.69, 9.17) is 0 Å². The van der Waals surface area contributed by atoms with Crippen molar-refractivity contribution in [3.05, 3.63) is 63.0 Å². The highest BCUT2D eigenvalue weighted by molar-refractivity contribution is 9.10. The van der Waals surface area contributed by atoms with Gasteiger partial charge in [0.2, 0.25) is 5.43 Å². The first-order chi connectivity index (χ1) is 7.77. The summed E-state index contributed by atoms with van der Waals surface area (Å²) in [6.45, 7) is 0.639. The Balaban J connectivity index is 2.11. The molecule has 0 bridgehead atoms. The zero-order valence-corrected chi connectivity index (χ0v) is 10.1. The van der Waals surface area contributed by atoms with Crippen molar-refractivity contribution in [2.75, 3.05) is 5.32 Å². The summed E-state index contributed by atoms with van der Waals surface area (Å²) >= 11 is 3.19. The van der Waals surface area contributed by atoms with Gasteiger partial charge >= 0.3 is 0 Å². The Hall–Kier alpha value is -1.55. The number of rotatable bonds is 3. The Morgan fingerprint density at radius 1 is 1.19 bits per heavy atom. The Labute approximate surface area is 102 Å². The van der Waals surface area contributed by atoms with E-state index in [1.807, 2.05) is 30.3 Å². The highest BCUT2D eigenvalue weighted by Gasteiger charge is 2.01. The lowest BCUT2D eigenvalue weighted by Gasteiger charge is -2.05. The van der Waals surface area contributed by atoms with Crippen LogP contribution in [0, 0.1) is 0 Å². The zero-order chi connectivity index (χ0) is 11.4. The fourth-order valence-corrected chi connectivity index (χ4v) is 1.73. The molecule has 0 atom stereocenters. The van der Waals surface area contributed by atoms with E-state index in [9.17, 15) is 4.79 Å². The summed E-state index contributed by atoms with van der Waals surface area (Å²) in [6, 6.07) is 9.94. The van der Waals surface area contributed by atoms with Gasteiger partial charge in [0.1, 0.15) is 0 Å². The lowest BCUT2D eigenvalue weighted by Crippen LogP contribution is -2.12. The number of hydrogen-bond donors (Lipinski definition) is 2. The van der Waals surface area contributed by atoms with Crippen molar-refractivity contribution >= 4 is 21.6 Å². The second-order valence-electron chi connectivity index (χ2n) is 3.39. The normalized spacial score (nSPS) is 10.1. The molecule has 3 nitrogen and oxygen atoms in total. The number of benzene rings is 1. The Morgan fingerprint density at radius 2 is 1.94 bits per heavy atom. The molecule has 0 aliphatic heterocycles. The summed E-state index contributed by atoms with van der Waals surface area (Å²) in [5.41, 5.74) is 1.68. The minimum Gasteiger partial charge on any atom is -0.377 e. The first-order valence-electron chi connectivity index (χ1n) is 4.92. The summed E-state index contributed by atoms with van der Waals surface area (Å²) in [5, 5.41) is 3.10. The molecule has 2 rings (SSSR count). The predicted molar refractivity (Wildman–Crippen MR) is 68.5 cm³/mol. The van der Waals surface area contributed by atoms with Crippen LogP contribution in [0.2, 0.25) is 0 Å². The third-order valence-corrected chi connectivity index (χ3v) is 2.81. The predicted octanol–water partition coefficient (Wildman–Crippen LogP) is 2.75. The van der Waals surface area contributed by atoms with Crippen LogP contribution in [0.3, 0.4) is 0 Å². The van der Waals surface area contributed by atoms with Gasteiger partial charge in [0.25, 0.3) is 0 Å². The lowest BCUT2D eigenvalue weighted by atomic mass is 10.2. The molecule has 0 unspecified atom stereocenters. The van der Waals surface area contributed by atoms with Crippen LogP contribution in [-0.2, 0) is 6.54 Å². The molecule has 1 heterocycles. The van der Waals surface area contributed by atoms with Crippen LogP contribution in [0.1, 0.15) is 5.56 Å². The molecule has 0 spiro atoms. The van der Waals surface area contributed by atoms with Crippen molar-refractivity contribution in [1.82, 2.24) is 4.98 Å². The van der Waals surface area contributed by atoms with E-state index >= 15 is 0 Å². The molecule has 2 aromatic rings. The van der Waals surface area contributed by atoms with Crippen molar-refractivity contribution in [3.63, 3.8) is 0 Å². The van der Waals surface area contributed by atoms with Crippen molar-refractivity contribution in [3.8, 4) is 0 Å². The standard InChI is InChI=1S/C12H11BrN2O/c13-10-7-14-8-11(12(10)16)15-6-9-4-2-1-3-5-9/h1-5,7-8,15H,6H2,(H,14,16). The second-order valence-corrected chi connectivity index (χ2v) is 4.24. The molecule has 82 valence electrons. The van der Waals surface area contributed by atoms with E-state index in [0.717, 1.165) is 5.56 Å². The average molecular weight is 279 g/mol. The van der Waals surface area contributed by atoms with Gasteiger partial charge in [0, 0.05) is 18.9 Å². The van der Waals surface area contributed by atoms with Gasteiger partial charge in [0.05, 0.1) is 10.2 Å². The van der Waals surface area contributed by atoms with Crippen molar-refractivity contribution in [1.29, 1.82) is 0 Å². The number of aromatic nitrogens is 1. The summed E-state index contributed by atoms with van der Waals surface area (Å²) in [7, 11) is 0. The summed E-state index contributed by atoms with van der Waals surface area (Å²) in [4.78, 5) is 14.6. The number of hydrogen-bond acceptors (Lipinski definition) is 2. The molecule has 0 aliphatic rings. The highest BCUT2D eigenvalue weighted by atomic mass is 79.9. The Bertz CT molecular complexity index is 522. The monoisotopic (exact) mass is 278 g/mol. The van der Waals surface area contributed by atoms with Crippen molar-refractivity contribution in [2.45, 2.75) is 6.54 Å². The largest absolute Gasteiger partial charge is 0.377 e. The smallest absolute Gasteiger partial charge is 0.218 e. The van der Waals surface area contributed by atoms with Gasteiger partial charge in [0.15, 0.2) is 0 Å². The van der Waals surface area contributed by atoms with Crippen LogP contribution in [0.4, 0.5) is 5.69 Å². The number of anilines is 1. The molecule has 0 amide bonds. The summed E-state index contributed by atoms with van der Waals surface area (Å²) < 4.78 is 0.533. The van der Waals surface area contributed by atoms with Crippen LogP contribution in [0.15, 0.2) is 52.0 Å². The fraction of sp³-hybridized carbons (Fsp3) is 0.0833. The Kier molecular flexibility index (Phi) is 3.41. The van der Waals surface area contributed by atoms with Gasteiger partial charge < -0.3 is 10.3 Å². The number of pyridine rings is 1. The minimum absolute atomic E-state index is 0.0327. The van der Waals surface area contributed by atoms with Crippen molar-refractivity contribution in [2.24, 2.45) is 0 Å². The molecule has 16 heavy (non-hydrogen) atoms. The van der Waals surface area contributed by atoms with Gasteiger partial charge in [-0.25, -0.2) is 0 Å². The molecule has 0 saturated heterocycles. The number of aromatic amines is 1. The highest BCUT2D eigenvalue weighted by Crippen LogP contribution is 2.07. The number of halogens is 1. The first kappa shape index (κ1) is 11.0. The van der Waals surface area contributed by atoms with Crippen molar-refractivity contribution < 1.29 is 0 Å². The van der Waals surface area contributed by atoms with E-state index < -0.39 is 0 Å². The zero-order valence-electron chi connectivity index (χ0n) is 8.53. The van der Waals surface area contributed by atoms with Crippen LogP contribution in [-0.4, -0.2) is 4.98 Å². The molecule has 4 heteroatoms. The van der Waals surface area contributed by atoms with Gasteiger partial charge in [-0.2, -0.15) is 0 Å². The third-order valence-electron chi connectivity index (χ3n) is 2.23. The third kappa shape index (κ3) is 2.52. The van der Waals surface area contributed by atoms with E-state index in [-0.39, 0.29) is 5.43 Å². The maximum absolute atomic E-state index is 11.7. The van der Waals surface area contributed by atoms with Gasteiger partial charge in [-0.05, 0) is 21.5 Å². The van der Waals surface area contributed by atoms with Crippen LogP contribution >= 0.6 is 15.9 Å². The molecule has 0 saturated carbocycles. The molecule has 1 aromatic carbocycles. The summed E-state index contributed by atoms with van der Waals surface area (Å²) in [5.74, 6) is 0. The SMILES string of the molecule is O=c1c(Br)c[nH]cc1NCc1ccccc1. The molecule has 1 aromatic heterocycles. The molecule has 0 radical (unpaired) electrons. The maximum atomic E-state index is 11.7. The van der Waals surface area contributed by atoms with Crippen LogP contribution in [0.25, 0.3) is 0 Å². The number of H-pyrrole nitrogens is 1. The second kappa shape index (κ2) is 4.99. The maximum Gasteiger partial charge on any atom is 0.218 e. The van der Waals surface area contributed by atoms with E-state index in [2.05, 4.69) is 26.2 Å². The molecule has 2 N–H and O–H groups in total. The average Bonchev–Trinajstić information content (AvgIpc) is 2.32. The van der Waals surface area contributed by atoms with Gasteiger partial charge in [-0.15, -0.1) is 0 Å². The Morgan fingerprint density at radius 3 is 2.69 bits per heavy atom. The van der Waals surface area contributed by atoms with Gasteiger partial charge in [-0.3, -0.25) is 4.79 Å². The van der Waals surface area contributed by atoms with E-state index in [1.165, 1.54) is 0 Å². The molecule has 0 fully saturated rings. The molecular weight excluding hydrogens is 268 g/mol. The molecular formula is C12H11BrN2O. The molecule has 0 aliphatic carbocycles. The quantitative estimate of drug-likeness (QED) is 0.907. The van der Waals surface area contributed by atoms with Crippen LogP contribution in [0.5, 0.6) is 0 Å². The van der Waals surface area contributed by atoms with Gasteiger partial charge in [-0.1, -0.05) is 30.3 Å².